The average molecular weight is 293 g/mol. The highest BCUT2D eigenvalue weighted by Crippen LogP contribution is 2.29. The summed E-state index contributed by atoms with van der Waals surface area (Å²) in [6.07, 6.45) is 3.24. The molecule has 0 spiro atoms. The standard InChI is InChI=1S/C18H16FN3/c1-22(2)17-12-20-16(11-21-17)15-10-6-9-14(18(15)19)13-7-4-3-5-8-13/h3-12H,1-2H3. The van der Waals surface area contributed by atoms with E-state index >= 15 is 0 Å². The first-order chi connectivity index (χ1) is 10.7. The van der Waals surface area contributed by atoms with E-state index in [2.05, 4.69) is 9.97 Å². The summed E-state index contributed by atoms with van der Waals surface area (Å²) in [7, 11) is 3.78. The van der Waals surface area contributed by atoms with Crippen LogP contribution in [0.2, 0.25) is 0 Å². The summed E-state index contributed by atoms with van der Waals surface area (Å²) in [6.45, 7) is 0. The Kier molecular flexibility index (Phi) is 3.83. The molecule has 0 saturated heterocycles. The van der Waals surface area contributed by atoms with E-state index in [1.807, 2.05) is 55.4 Å². The number of hydrogen-bond donors (Lipinski definition) is 0. The van der Waals surface area contributed by atoms with Gasteiger partial charge in [0.15, 0.2) is 0 Å². The molecule has 1 aromatic heterocycles. The first-order valence-corrected chi connectivity index (χ1v) is 7.00. The lowest BCUT2D eigenvalue weighted by molar-refractivity contribution is 0.634. The molecule has 22 heavy (non-hydrogen) atoms. The summed E-state index contributed by atoms with van der Waals surface area (Å²) >= 11 is 0. The molecule has 0 N–H and O–H groups in total. The summed E-state index contributed by atoms with van der Waals surface area (Å²) < 4.78 is 14.8. The SMILES string of the molecule is CN(C)c1cnc(-c2cccc(-c3ccccc3)c2F)cn1. The first kappa shape index (κ1) is 14.2. The van der Waals surface area contributed by atoms with E-state index in [0.29, 0.717) is 16.8 Å². The molecule has 0 aliphatic carbocycles. The summed E-state index contributed by atoms with van der Waals surface area (Å²) in [5.74, 6) is 0.462. The second kappa shape index (κ2) is 5.93. The molecule has 2 aromatic carbocycles. The number of aromatic nitrogens is 2. The third-order valence-corrected chi connectivity index (χ3v) is 3.46. The number of hydrogen-bond acceptors (Lipinski definition) is 3. The van der Waals surface area contributed by atoms with Gasteiger partial charge >= 0.3 is 0 Å². The van der Waals surface area contributed by atoms with Crippen molar-refractivity contribution < 1.29 is 4.39 Å². The van der Waals surface area contributed by atoms with Gasteiger partial charge in [-0.15, -0.1) is 0 Å². The Morgan fingerprint density at radius 1 is 0.818 bits per heavy atom. The quantitative estimate of drug-likeness (QED) is 0.730. The maximum absolute atomic E-state index is 14.8. The Hall–Kier alpha value is -2.75. The maximum Gasteiger partial charge on any atom is 0.146 e. The van der Waals surface area contributed by atoms with Gasteiger partial charge in [0.1, 0.15) is 11.6 Å². The Morgan fingerprint density at radius 2 is 1.55 bits per heavy atom. The molecule has 3 rings (SSSR count). The van der Waals surface area contributed by atoms with E-state index in [-0.39, 0.29) is 5.82 Å². The monoisotopic (exact) mass is 293 g/mol. The van der Waals surface area contributed by atoms with E-state index < -0.39 is 0 Å². The zero-order valence-corrected chi connectivity index (χ0v) is 12.5. The fourth-order valence-electron chi connectivity index (χ4n) is 2.26. The highest BCUT2D eigenvalue weighted by molar-refractivity contribution is 5.72. The van der Waals surface area contributed by atoms with Crippen LogP contribution in [0.3, 0.4) is 0 Å². The van der Waals surface area contributed by atoms with Gasteiger partial charge in [0, 0.05) is 25.2 Å². The van der Waals surface area contributed by atoms with Crippen molar-refractivity contribution in [3.05, 3.63) is 66.7 Å². The smallest absolute Gasteiger partial charge is 0.146 e. The van der Waals surface area contributed by atoms with Crippen molar-refractivity contribution in [1.29, 1.82) is 0 Å². The minimum absolute atomic E-state index is 0.277. The summed E-state index contributed by atoms with van der Waals surface area (Å²) in [6, 6.07) is 14.8. The van der Waals surface area contributed by atoms with Gasteiger partial charge in [0.05, 0.1) is 18.1 Å². The van der Waals surface area contributed by atoms with Crippen LogP contribution in [0.4, 0.5) is 10.2 Å². The fraction of sp³-hybridized carbons (Fsp3) is 0.111. The van der Waals surface area contributed by atoms with Crippen LogP contribution < -0.4 is 4.90 Å². The highest BCUT2D eigenvalue weighted by Gasteiger charge is 2.12. The third-order valence-electron chi connectivity index (χ3n) is 3.46. The van der Waals surface area contributed by atoms with Crippen molar-refractivity contribution in [1.82, 2.24) is 9.97 Å². The lowest BCUT2D eigenvalue weighted by Gasteiger charge is -2.12. The van der Waals surface area contributed by atoms with Crippen LogP contribution in [-0.2, 0) is 0 Å². The van der Waals surface area contributed by atoms with Gasteiger partial charge in [-0.1, -0.05) is 42.5 Å². The first-order valence-electron chi connectivity index (χ1n) is 7.00. The number of halogens is 1. The van der Waals surface area contributed by atoms with Crippen LogP contribution in [0, 0.1) is 5.82 Å². The molecule has 0 unspecified atom stereocenters. The molecule has 4 heteroatoms. The van der Waals surface area contributed by atoms with Gasteiger partial charge < -0.3 is 4.90 Å². The fourth-order valence-corrected chi connectivity index (χ4v) is 2.26. The summed E-state index contributed by atoms with van der Waals surface area (Å²) in [5, 5.41) is 0. The van der Waals surface area contributed by atoms with Crippen LogP contribution in [0.1, 0.15) is 0 Å². The van der Waals surface area contributed by atoms with Gasteiger partial charge in [-0.05, 0) is 11.6 Å². The van der Waals surface area contributed by atoms with E-state index in [4.69, 9.17) is 0 Å². The van der Waals surface area contributed by atoms with E-state index in [9.17, 15) is 4.39 Å². The molecule has 3 nitrogen and oxygen atoms in total. The Morgan fingerprint density at radius 3 is 2.18 bits per heavy atom. The molecular formula is C18H16FN3. The molecular weight excluding hydrogens is 277 g/mol. The summed E-state index contributed by atoms with van der Waals surface area (Å²) in [5.41, 5.74) is 2.40. The van der Waals surface area contributed by atoms with Crippen LogP contribution in [0.15, 0.2) is 60.9 Å². The van der Waals surface area contributed by atoms with Gasteiger partial charge in [-0.25, -0.2) is 9.37 Å². The number of anilines is 1. The van der Waals surface area contributed by atoms with E-state index in [1.54, 1.807) is 24.5 Å². The van der Waals surface area contributed by atoms with Crippen molar-refractivity contribution in [2.75, 3.05) is 19.0 Å². The van der Waals surface area contributed by atoms with Crippen LogP contribution >= 0.6 is 0 Å². The number of nitrogens with zero attached hydrogens (tertiary/aromatic N) is 3. The molecule has 0 saturated carbocycles. The predicted octanol–water partition coefficient (Wildman–Crippen LogP) is 4.02. The normalized spacial score (nSPS) is 10.5. The van der Waals surface area contributed by atoms with E-state index in [1.165, 1.54) is 0 Å². The van der Waals surface area contributed by atoms with Crippen molar-refractivity contribution in [2.24, 2.45) is 0 Å². The maximum atomic E-state index is 14.8. The van der Waals surface area contributed by atoms with Gasteiger partial charge in [0.2, 0.25) is 0 Å². The lowest BCUT2D eigenvalue weighted by atomic mass is 10.0. The molecule has 0 radical (unpaired) electrons. The van der Waals surface area contributed by atoms with Crippen molar-refractivity contribution in [2.45, 2.75) is 0 Å². The zero-order valence-electron chi connectivity index (χ0n) is 12.5. The van der Waals surface area contributed by atoms with Gasteiger partial charge in [-0.2, -0.15) is 0 Å². The second-order valence-electron chi connectivity index (χ2n) is 5.19. The highest BCUT2D eigenvalue weighted by atomic mass is 19.1. The van der Waals surface area contributed by atoms with Gasteiger partial charge in [0.25, 0.3) is 0 Å². The number of rotatable bonds is 3. The van der Waals surface area contributed by atoms with Crippen LogP contribution in [0.5, 0.6) is 0 Å². The molecule has 110 valence electrons. The minimum atomic E-state index is -0.277. The second-order valence-corrected chi connectivity index (χ2v) is 5.19. The molecule has 0 aliphatic heterocycles. The average Bonchev–Trinajstić information content (AvgIpc) is 2.56. The Labute approximate surface area is 129 Å². The van der Waals surface area contributed by atoms with Crippen molar-refractivity contribution >= 4 is 5.82 Å². The van der Waals surface area contributed by atoms with Gasteiger partial charge in [-0.3, -0.25) is 4.98 Å². The molecule has 3 aromatic rings. The van der Waals surface area contributed by atoms with Crippen LogP contribution in [-0.4, -0.2) is 24.1 Å². The summed E-state index contributed by atoms with van der Waals surface area (Å²) in [4.78, 5) is 10.5. The predicted molar refractivity (Wildman–Crippen MR) is 87.2 cm³/mol. The molecule has 0 bridgehead atoms. The zero-order chi connectivity index (χ0) is 15.5. The lowest BCUT2D eigenvalue weighted by Crippen LogP contribution is -2.10. The van der Waals surface area contributed by atoms with Crippen molar-refractivity contribution in [3.63, 3.8) is 0 Å². The minimum Gasteiger partial charge on any atom is -0.361 e. The Balaban J connectivity index is 2.05. The molecule has 0 amide bonds. The third kappa shape index (κ3) is 2.68. The van der Waals surface area contributed by atoms with Crippen LogP contribution in [0.25, 0.3) is 22.4 Å². The molecule has 1 heterocycles. The van der Waals surface area contributed by atoms with Crippen molar-refractivity contribution in [3.8, 4) is 22.4 Å². The topological polar surface area (TPSA) is 29.0 Å². The molecule has 0 atom stereocenters. The molecule has 0 fully saturated rings. The largest absolute Gasteiger partial charge is 0.361 e. The van der Waals surface area contributed by atoms with E-state index in [0.717, 1.165) is 11.4 Å². The molecule has 0 aliphatic rings. The Bertz CT molecular complexity index is 768. The number of benzene rings is 2.